The number of carbonyl (C=O) groups is 1. The molecule has 25 heavy (non-hydrogen) atoms. The molecule has 4 aromatic rings. The number of nitrogens with zero attached hydrogens (tertiary/aromatic N) is 4. The SMILES string of the molecule is Cc1nc2cc(-c3nnc(-c4ccc(C(=O)O)cc4)o3)ccc2n1C. The van der Waals surface area contributed by atoms with Crippen LogP contribution < -0.4 is 0 Å². The molecule has 0 aliphatic heterocycles. The third-order valence-corrected chi connectivity index (χ3v) is 4.16. The zero-order chi connectivity index (χ0) is 17.6. The molecule has 0 aliphatic rings. The largest absolute Gasteiger partial charge is 0.478 e. The first-order chi connectivity index (χ1) is 12.0. The fourth-order valence-corrected chi connectivity index (χ4v) is 2.67. The van der Waals surface area contributed by atoms with Crippen LogP contribution in [0.5, 0.6) is 0 Å². The van der Waals surface area contributed by atoms with Crippen LogP contribution in [0.4, 0.5) is 0 Å². The number of hydrogen-bond donors (Lipinski definition) is 1. The van der Waals surface area contributed by atoms with Gasteiger partial charge in [0.05, 0.1) is 16.6 Å². The third-order valence-electron chi connectivity index (χ3n) is 4.16. The second-order valence-corrected chi connectivity index (χ2v) is 5.72. The van der Waals surface area contributed by atoms with Crippen molar-refractivity contribution >= 4 is 17.0 Å². The Labute approximate surface area is 142 Å². The van der Waals surface area contributed by atoms with E-state index in [-0.39, 0.29) is 5.56 Å². The highest BCUT2D eigenvalue weighted by atomic mass is 16.4. The van der Waals surface area contributed by atoms with Gasteiger partial charge in [-0.2, -0.15) is 0 Å². The van der Waals surface area contributed by atoms with Crippen molar-refractivity contribution in [2.45, 2.75) is 6.92 Å². The number of fused-ring (bicyclic) bond motifs is 1. The van der Waals surface area contributed by atoms with Crippen molar-refractivity contribution in [2.75, 3.05) is 0 Å². The molecule has 124 valence electrons. The first kappa shape index (κ1) is 15.1. The van der Waals surface area contributed by atoms with Crippen LogP contribution in [-0.2, 0) is 7.05 Å². The minimum Gasteiger partial charge on any atom is -0.478 e. The average Bonchev–Trinajstić information content (AvgIpc) is 3.20. The molecule has 7 nitrogen and oxygen atoms in total. The summed E-state index contributed by atoms with van der Waals surface area (Å²) in [6.07, 6.45) is 0. The predicted molar refractivity (Wildman–Crippen MR) is 91.1 cm³/mol. The van der Waals surface area contributed by atoms with Crippen molar-refractivity contribution in [1.29, 1.82) is 0 Å². The molecule has 4 rings (SSSR count). The van der Waals surface area contributed by atoms with Gasteiger partial charge in [0.15, 0.2) is 0 Å². The van der Waals surface area contributed by atoms with E-state index < -0.39 is 5.97 Å². The second-order valence-electron chi connectivity index (χ2n) is 5.72. The van der Waals surface area contributed by atoms with Gasteiger partial charge in [-0.25, -0.2) is 9.78 Å². The molecule has 2 aromatic carbocycles. The monoisotopic (exact) mass is 334 g/mol. The quantitative estimate of drug-likeness (QED) is 0.618. The summed E-state index contributed by atoms with van der Waals surface area (Å²) in [4.78, 5) is 15.4. The van der Waals surface area contributed by atoms with Crippen LogP contribution in [0.1, 0.15) is 16.2 Å². The fourth-order valence-electron chi connectivity index (χ4n) is 2.67. The molecule has 0 amide bonds. The summed E-state index contributed by atoms with van der Waals surface area (Å²) in [5.41, 5.74) is 3.55. The molecule has 2 aromatic heterocycles. The Hall–Kier alpha value is -3.48. The normalized spacial score (nSPS) is 11.1. The lowest BCUT2D eigenvalue weighted by molar-refractivity contribution is 0.0697. The van der Waals surface area contributed by atoms with Crippen LogP contribution in [0.25, 0.3) is 33.9 Å². The number of carboxylic acids is 1. The molecule has 0 aliphatic carbocycles. The fraction of sp³-hybridized carbons (Fsp3) is 0.111. The molecular formula is C18H14N4O3. The molecule has 0 saturated heterocycles. The van der Waals surface area contributed by atoms with Gasteiger partial charge in [0, 0.05) is 18.2 Å². The summed E-state index contributed by atoms with van der Waals surface area (Å²) in [7, 11) is 1.97. The molecular weight excluding hydrogens is 320 g/mol. The molecule has 7 heteroatoms. The summed E-state index contributed by atoms with van der Waals surface area (Å²) in [5.74, 6) is 0.681. The maximum atomic E-state index is 10.9. The predicted octanol–water partition coefficient (Wildman–Crippen LogP) is 3.30. The van der Waals surface area contributed by atoms with Crippen molar-refractivity contribution in [3.05, 3.63) is 53.9 Å². The van der Waals surface area contributed by atoms with Crippen LogP contribution in [-0.4, -0.2) is 30.8 Å². The first-order valence-electron chi connectivity index (χ1n) is 7.63. The number of rotatable bonds is 3. The van der Waals surface area contributed by atoms with E-state index >= 15 is 0 Å². The van der Waals surface area contributed by atoms with Gasteiger partial charge >= 0.3 is 5.97 Å². The number of aromatic carboxylic acids is 1. The van der Waals surface area contributed by atoms with Crippen molar-refractivity contribution in [3.8, 4) is 22.9 Å². The van der Waals surface area contributed by atoms with Crippen molar-refractivity contribution < 1.29 is 14.3 Å². The highest BCUT2D eigenvalue weighted by Gasteiger charge is 2.13. The first-order valence-corrected chi connectivity index (χ1v) is 7.63. The second kappa shape index (κ2) is 5.55. The average molecular weight is 334 g/mol. The Morgan fingerprint density at radius 2 is 1.68 bits per heavy atom. The van der Waals surface area contributed by atoms with Crippen molar-refractivity contribution in [1.82, 2.24) is 19.7 Å². The van der Waals surface area contributed by atoms with E-state index in [4.69, 9.17) is 9.52 Å². The Morgan fingerprint density at radius 1 is 1.04 bits per heavy atom. The minimum absolute atomic E-state index is 0.208. The summed E-state index contributed by atoms with van der Waals surface area (Å²) in [6.45, 7) is 1.95. The Balaban J connectivity index is 1.70. The van der Waals surface area contributed by atoms with E-state index in [1.54, 1.807) is 12.1 Å². The van der Waals surface area contributed by atoms with Gasteiger partial charge in [0.2, 0.25) is 11.8 Å². The lowest BCUT2D eigenvalue weighted by Crippen LogP contribution is -1.94. The molecule has 0 fully saturated rings. The maximum absolute atomic E-state index is 10.9. The highest BCUT2D eigenvalue weighted by Crippen LogP contribution is 2.26. The Morgan fingerprint density at radius 3 is 2.36 bits per heavy atom. The van der Waals surface area contributed by atoms with Crippen LogP contribution in [0.2, 0.25) is 0 Å². The van der Waals surface area contributed by atoms with E-state index in [1.807, 2.05) is 36.7 Å². The molecule has 0 bridgehead atoms. The van der Waals surface area contributed by atoms with E-state index in [0.29, 0.717) is 17.3 Å². The number of carboxylic acid groups (broad SMARTS) is 1. The molecule has 2 heterocycles. The third kappa shape index (κ3) is 2.55. The number of aryl methyl sites for hydroxylation is 2. The minimum atomic E-state index is -0.975. The van der Waals surface area contributed by atoms with Crippen LogP contribution in [0.3, 0.4) is 0 Å². The van der Waals surface area contributed by atoms with Gasteiger partial charge in [-0.05, 0) is 49.4 Å². The van der Waals surface area contributed by atoms with Gasteiger partial charge < -0.3 is 14.1 Å². The standard InChI is InChI=1S/C18H14N4O3/c1-10-19-14-9-13(7-8-15(14)22(10)2)17-21-20-16(25-17)11-3-5-12(6-4-11)18(23)24/h3-9H,1-2H3,(H,23,24). The topological polar surface area (TPSA) is 94.0 Å². The van der Waals surface area contributed by atoms with Crippen LogP contribution in [0, 0.1) is 6.92 Å². The van der Waals surface area contributed by atoms with Crippen molar-refractivity contribution in [3.63, 3.8) is 0 Å². The number of aromatic nitrogens is 4. The Bertz CT molecular complexity index is 1090. The van der Waals surface area contributed by atoms with E-state index in [0.717, 1.165) is 22.4 Å². The maximum Gasteiger partial charge on any atom is 0.335 e. The van der Waals surface area contributed by atoms with Crippen LogP contribution in [0.15, 0.2) is 46.9 Å². The van der Waals surface area contributed by atoms with Crippen LogP contribution >= 0.6 is 0 Å². The summed E-state index contributed by atoms with van der Waals surface area (Å²) in [6, 6.07) is 12.1. The zero-order valence-electron chi connectivity index (χ0n) is 13.6. The number of hydrogen-bond acceptors (Lipinski definition) is 5. The summed E-state index contributed by atoms with van der Waals surface area (Å²) in [5, 5.41) is 17.1. The lowest BCUT2D eigenvalue weighted by Gasteiger charge is -1.98. The molecule has 0 saturated carbocycles. The molecule has 0 atom stereocenters. The van der Waals surface area contributed by atoms with E-state index in [9.17, 15) is 4.79 Å². The van der Waals surface area contributed by atoms with Gasteiger partial charge in [-0.15, -0.1) is 10.2 Å². The van der Waals surface area contributed by atoms with Gasteiger partial charge in [0.1, 0.15) is 5.82 Å². The van der Waals surface area contributed by atoms with Gasteiger partial charge in [-0.3, -0.25) is 0 Å². The Kier molecular flexibility index (Phi) is 3.35. The van der Waals surface area contributed by atoms with E-state index in [2.05, 4.69) is 15.2 Å². The molecule has 0 radical (unpaired) electrons. The lowest BCUT2D eigenvalue weighted by atomic mass is 10.1. The number of benzene rings is 2. The highest BCUT2D eigenvalue weighted by molar-refractivity contribution is 5.88. The van der Waals surface area contributed by atoms with Gasteiger partial charge in [-0.1, -0.05) is 0 Å². The van der Waals surface area contributed by atoms with E-state index in [1.165, 1.54) is 12.1 Å². The van der Waals surface area contributed by atoms with Crippen molar-refractivity contribution in [2.24, 2.45) is 7.05 Å². The van der Waals surface area contributed by atoms with Gasteiger partial charge in [0.25, 0.3) is 0 Å². The summed E-state index contributed by atoms with van der Waals surface area (Å²) >= 11 is 0. The molecule has 0 unspecified atom stereocenters. The smallest absolute Gasteiger partial charge is 0.335 e. The molecule has 0 spiro atoms. The zero-order valence-corrected chi connectivity index (χ0v) is 13.6. The number of imidazole rings is 1. The summed E-state index contributed by atoms with van der Waals surface area (Å²) < 4.78 is 7.75. The molecule has 1 N–H and O–H groups in total.